The van der Waals surface area contributed by atoms with Crippen molar-refractivity contribution in [2.45, 2.75) is 39.0 Å². The highest BCUT2D eigenvalue weighted by atomic mass is 16.5. The van der Waals surface area contributed by atoms with Crippen molar-refractivity contribution in [1.29, 1.82) is 0 Å². The standard InChI is InChI=1S/C27H32N6O3/c1-4-5-6-7-10-15-29-27(34)23-24-26(32-20-12-9-8-11-19(20)31-24)33(25(23)28)30-17-18-13-14-21(35-2)22(16-18)36-3/h8-9,11-14,16-17H,4-7,10,15,28H2,1-3H3,(H,29,34)/b30-17+. The summed E-state index contributed by atoms with van der Waals surface area (Å²) in [5.41, 5.74) is 9.72. The van der Waals surface area contributed by atoms with E-state index in [2.05, 4.69) is 17.3 Å². The molecule has 2 aromatic carbocycles. The zero-order valence-electron chi connectivity index (χ0n) is 21.0. The van der Waals surface area contributed by atoms with Gasteiger partial charge in [0, 0.05) is 6.54 Å². The summed E-state index contributed by atoms with van der Waals surface area (Å²) in [5.74, 6) is 1.10. The van der Waals surface area contributed by atoms with E-state index in [1.165, 1.54) is 17.5 Å². The molecule has 0 aliphatic carbocycles. The molecule has 2 heterocycles. The van der Waals surface area contributed by atoms with Gasteiger partial charge in [-0.05, 0) is 42.3 Å². The molecule has 0 saturated carbocycles. The lowest BCUT2D eigenvalue weighted by atomic mass is 10.1. The number of unbranched alkanes of at least 4 members (excludes halogenated alkanes) is 4. The van der Waals surface area contributed by atoms with Gasteiger partial charge in [-0.25, -0.2) is 9.97 Å². The minimum Gasteiger partial charge on any atom is -0.493 e. The van der Waals surface area contributed by atoms with Crippen molar-refractivity contribution >= 4 is 40.1 Å². The van der Waals surface area contributed by atoms with Gasteiger partial charge in [0.05, 0.1) is 31.5 Å². The lowest BCUT2D eigenvalue weighted by molar-refractivity contribution is 0.0955. The number of amides is 1. The second-order valence-electron chi connectivity index (χ2n) is 8.49. The Morgan fingerprint density at radius 1 is 1.03 bits per heavy atom. The highest BCUT2D eigenvalue weighted by molar-refractivity contribution is 6.10. The third-order valence-electron chi connectivity index (χ3n) is 6.00. The van der Waals surface area contributed by atoms with Crippen LogP contribution in [0.3, 0.4) is 0 Å². The number of nitrogen functional groups attached to an aromatic ring is 1. The third kappa shape index (κ3) is 5.25. The van der Waals surface area contributed by atoms with Crippen LogP contribution in [0.2, 0.25) is 0 Å². The van der Waals surface area contributed by atoms with Gasteiger partial charge in [-0.2, -0.15) is 9.78 Å². The molecule has 3 N–H and O–H groups in total. The largest absolute Gasteiger partial charge is 0.493 e. The van der Waals surface area contributed by atoms with Gasteiger partial charge in [0.25, 0.3) is 5.91 Å². The average molecular weight is 489 g/mol. The Kier molecular flexibility index (Phi) is 7.99. The number of aromatic nitrogens is 3. The van der Waals surface area contributed by atoms with Crippen LogP contribution in [0.25, 0.3) is 22.2 Å². The summed E-state index contributed by atoms with van der Waals surface area (Å²) in [4.78, 5) is 22.6. The maximum atomic E-state index is 13.2. The summed E-state index contributed by atoms with van der Waals surface area (Å²) < 4.78 is 12.1. The fraction of sp³-hybridized carbons (Fsp3) is 0.333. The predicted octanol–water partition coefficient (Wildman–Crippen LogP) is 4.77. The van der Waals surface area contributed by atoms with Crippen LogP contribution in [0.1, 0.15) is 54.9 Å². The number of benzene rings is 2. The summed E-state index contributed by atoms with van der Waals surface area (Å²) in [6.45, 7) is 2.75. The van der Waals surface area contributed by atoms with Crippen molar-refractivity contribution < 1.29 is 14.3 Å². The minimum atomic E-state index is -0.280. The lowest BCUT2D eigenvalue weighted by Crippen LogP contribution is -2.25. The number of anilines is 1. The second-order valence-corrected chi connectivity index (χ2v) is 8.49. The summed E-state index contributed by atoms with van der Waals surface area (Å²) in [6.07, 6.45) is 7.16. The van der Waals surface area contributed by atoms with Crippen LogP contribution in [0, 0.1) is 0 Å². The van der Waals surface area contributed by atoms with E-state index in [1.807, 2.05) is 30.3 Å². The maximum Gasteiger partial charge on any atom is 0.257 e. The van der Waals surface area contributed by atoms with Gasteiger partial charge in [-0.1, -0.05) is 44.7 Å². The van der Waals surface area contributed by atoms with Gasteiger partial charge in [-0.3, -0.25) is 4.79 Å². The molecule has 0 atom stereocenters. The maximum absolute atomic E-state index is 13.2. The molecule has 36 heavy (non-hydrogen) atoms. The highest BCUT2D eigenvalue weighted by Crippen LogP contribution is 2.29. The van der Waals surface area contributed by atoms with Crippen LogP contribution < -0.4 is 20.5 Å². The fourth-order valence-electron chi connectivity index (χ4n) is 4.06. The molecule has 0 unspecified atom stereocenters. The number of nitrogens with two attached hydrogens (primary N) is 1. The molecule has 0 aliphatic rings. The number of ether oxygens (including phenoxy) is 2. The monoisotopic (exact) mass is 488 g/mol. The van der Waals surface area contributed by atoms with Crippen molar-refractivity contribution in [3.05, 3.63) is 53.6 Å². The quantitative estimate of drug-likeness (QED) is 0.232. The Morgan fingerprint density at radius 2 is 1.75 bits per heavy atom. The van der Waals surface area contributed by atoms with Gasteiger partial charge in [0.15, 0.2) is 17.1 Å². The van der Waals surface area contributed by atoms with Crippen LogP contribution in [0.15, 0.2) is 47.6 Å². The number of rotatable bonds is 11. The second kappa shape index (κ2) is 11.5. The van der Waals surface area contributed by atoms with Crippen LogP contribution in [0.5, 0.6) is 11.5 Å². The topological polar surface area (TPSA) is 117 Å². The molecule has 2 aromatic heterocycles. The molecule has 0 fully saturated rings. The number of fused-ring (bicyclic) bond motifs is 2. The third-order valence-corrected chi connectivity index (χ3v) is 6.00. The van der Waals surface area contributed by atoms with Gasteiger partial charge in [0.1, 0.15) is 16.9 Å². The van der Waals surface area contributed by atoms with Crippen molar-refractivity contribution in [1.82, 2.24) is 20.0 Å². The average Bonchev–Trinajstić information content (AvgIpc) is 3.17. The molecule has 0 aliphatic heterocycles. The summed E-state index contributed by atoms with van der Waals surface area (Å²) >= 11 is 0. The number of hydrogen-bond donors (Lipinski definition) is 2. The van der Waals surface area contributed by atoms with E-state index in [0.29, 0.717) is 40.2 Å². The molecule has 0 bridgehead atoms. The van der Waals surface area contributed by atoms with Gasteiger partial charge >= 0.3 is 0 Å². The van der Waals surface area contributed by atoms with Crippen LogP contribution in [0.4, 0.5) is 5.82 Å². The summed E-state index contributed by atoms with van der Waals surface area (Å²) in [7, 11) is 3.16. The first-order valence-corrected chi connectivity index (χ1v) is 12.2. The molecule has 4 aromatic rings. The molecular formula is C27H32N6O3. The Labute approximate surface area is 210 Å². The van der Waals surface area contributed by atoms with Gasteiger partial charge in [0.2, 0.25) is 0 Å². The zero-order chi connectivity index (χ0) is 25.5. The van der Waals surface area contributed by atoms with E-state index in [9.17, 15) is 4.79 Å². The number of methoxy groups -OCH3 is 2. The molecule has 0 saturated heterocycles. The molecule has 188 valence electrons. The molecule has 9 nitrogen and oxygen atoms in total. The molecule has 0 spiro atoms. The molecule has 4 rings (SSSR count). The van der Waals surface area contributed by atoms with Crippen molar-refractivity contribution in [3.63, 3.8) is 0 Å². The van der Waals surface area contributed by atoms with Gasteiger partial charge < -0.3 is 20.5 Å². The minimum absolute atomic E-state index is 0.181. The number of carbonyl (C=O) groups is 1. The molecule has 1 amide bonds. The van der Waals surface area contributed by atoms with Crippen molar-refractivity contribution in [3.8, 4) is 11.5 Å². The van der Waals surface area contributed by atoms with E-state index >= 15 is 0 Å². The van der Waals surface area contributed by atoms with Crippen LogP contribution in [-0.4, -0.2) is 47.5 Å². The normalized spacial score (nSPS) is 11.4. The molecule has 0 radical (unpaired) electrons. The number of hydrogen-bond acceptors (Lipinski definition) is 7. The molecular weight excluding hydrogens is 456 g/mol. The van der Waals surface area contributed by atoms with Crippen molar-refractivity contribution in [2.24, 2.45) is 5.10 Å². The fourth-order valence-corrected chi connectivity index (χ4v) is 4.06. The lowest BCUT2D eigenvalue weighted by Gasteiger charge is -2.07. The van der Waals surface area contributed by atoms with E-state index in [0.717, 1.165) is 24.8 Å². The smallest absolute Gasteiger partial charge is 0.257 e. The Balaban J connectivity index is 1.70. The Hall–Kier alpha value is -4.14. The Bertz CT molecular complexity index is 1400. The highest BCUT2D eigenvalue weighted by Gasteiger charge is 2.24. The van der Waals surface area contributed by atoms with E-state index in [4.69, 9.17) is 25.2 Å². The summed E-state index contributed by atoms with van der Waals surface area (Å²) in [6, 6.07) is 12.9. The first-order valence-electron chi connectivity index (χ1n) is 12.2. The number of nitrogens with zero attached hydrogens (tertiary/aromatic N) is 4. The first-order chi connectivity index (χ1) is 17.6. The first kappa shape index (κ1) is 25.0. The van der Waals surface area contributed by atoms with E-state index in [-0.39, 0.29) is 17.3 Å². The Morgan fingerprint density at radius 3 is 2.47 bits per heavy atom. The van der Waals surface area contributed by atoms with Crippen molar-refractivity contribution in [2.75, 3.05) is 26.5 Å². The van der Waals surface area contributed by atoms with Gasteiger partial charge in [-0.15, -0.1) is 0 Å². The SMILES string of the molecule is CCCCCCCNC(=O)c1c(N)n(/N=C/c2ccc(OC)c(OC)c2)c2nc3ccccc3nc12. The van der Waals surface area contributed by atoms with Crippen LogP contribution in [-0.2, 0) is 0 Å². The number of nitrogens with one attached hydrogen (secondary N) is 1. The molecule has 9 heteroatoms. The predicted molar refractivity (Wildman–Crippen MR) is 143 cm³/mol. The zero-order valence-corrected chi connectivity index (χ0v) is 21.0. The number of para-hydroxylation sites is 2. The van der Waals surface area contributed by atoms with E-state index in [1.54, 1.807) is 32.6 Å². The van der Waals surface area contributed by atoms with E-state index < -0.39 is 0 Å². The van der Waals surface area contributed by atoms with Crippen LogP contribution >= 0.6 is 0 Å². The number of carbonyl (C=O) groups excluding carboxylic acids is 1. The summed E-state index contributed by atoms with van der Waals surface area (Å²) in [5, 5.41) is 7.55.